The Morgan fingerprint density at radius 1 is 0.413 bits per heavy atom. The number of ether oxygens (including phenoxy) is 12. The molecule has 3 aliphatic heterocycles. The van der Waals surface area contributed by atoms with Gasteiger partial charge in [-0.3, -0.25) is 23.4 Å². The molecule has 4 amide bonds. The van der Waals surface area contributed by atoms with E-state index < -0.39 is 163 Å². The maximum Gasteiger partial charge on any atom is 0.338 e. The number of esters is 2. The molecule has 4 fully saturated rings. The van der Waals surface area contributed by atoms with E-state index in [4.69, 9.17) is 61.0 Å². The summed E-state index contributed by atoms with van der Waals surface area (Å²) < 4.78 is 112. The van der Waals surface area contributed by atoms with Crippen LogP contribution in [-0.4, -0.2) is 205 Å². The molecule has 580 valence electrons. The Kier molecular flexibility index (Phi) is 30.0. The fraction of sp³-hybridized carbons (Fsp3) is 0.400. The lowest BCUT2D eigenvalue weighted by atomic mass is 9.96. The van der Waals surface area contributed by atoms with E-state index in [-0.39, 0.29) is 62.2 Å². The highest BCUT2D eigenvalue weighted by atomic mass is 32.2. The van der Waals surface area contributed by atoms with Crippen LogP contribution in [0.3, 0.4) is 0 Å². The third-order valence-corrected chi connectivity index (χ3v) is 20.0. The zero-order chi connectivity index (χ0) is 76.5. The molecule has 11 rings (SSSR count). The number of hydrogen-bond acceptors (Lipinski definition) is 24. The van der Waals surface area contributed by atoms with Crippen LogP contribution in [0.4, 0.5) is 0 Å². The van der Waals surface area contributed by atoms with E-state index >= 15 is 0 Å². The van der Waals surface area contributed by atoms with Gasteiger partial charge in [0.15, 0.2) is 31.1 Å². The summed E-state index contributed by atoms with van der Waals surface area (Å²) >= 11 is 0. The van der Waals surface area contributed by atoms with Crippen LogP contribution in [0.25, 0.3) is 0 Å². The highest BCUT2D eigenvalue weighted by molar-refractivity contribution is 7.86. The maximum absolute atomic E-state index is 14.6. The first-order valence-electron chi connectivity index (χ1n) is 36.0. The van der Waals surface area contributed by atoms with Crippen molar-refractivity contribution >= 4 is 45.7 Å². The van der Waals surface area contributed by atoms with E-state index in [9.17, 15) is 52.5 Å². The molecule has 7 aromatic rings. The van der Waals surface area contributed by atoms with Crippen LogP contribution in [0.2, 0.25) is 0 Å². The van der Waals surface area contributed by atoms with Crippen molar-refractivity contribution in [2.24, 2.45) is 5.92 Å². The van der Waals surface area contributed by atoms with E-state index in [1.54, 1.807) is 78.9 Å². The highest BCUT2D eigenvalue weighted by Gasteiger charge is 2.56. The molecule has 3 saturated heterocycles. The lowest BCUT2D eigenvalue weighted by Gasteiger charge is -2.48. The summed E-state index contributed by atoms with van der Waals surface area (Å²) in [5.74, 6) is -3.87. The monoisotopic (exact) mass is 1520 g/mol. The third kappa shape index (κ3) is 23.2. The standard InChI is InChI=1S/C80H90N4O24S/c1-96-78-67(89)66(88)70(62(103-78)50-102-109(94,95)59-38-36-56(37-39-59)75(91)84-43-65(87)83-42-64(86)82-41-63(85)81-40-51-22-20-21-23-51)108-80-72(106-76(92)57-32-16-6-17-33-57)68(90)69(98-45-53-26-10-3-11-27-53)61(105-80)49-101-79-74(107-77(93)58-34-18-7-19-35-58)73(100-47-55-30-14-5-15-31-55)71(99-46-54-28-12-4-13-29-54)60(104-79)48-97-44-52-24-8-2-9-25-52/h2-19,24-39,51,60-62,66-74,78-80,88-90H,20-23,40-50H2,1H3,(H,81,85)(H,82,86)(H,83,87)(H,84,91)/t60-,61-,62-,66-,67-,68+,69-,70-,71-,72-,73+,74-,78+,79-,80+/m1/s1. The first-order valence-corrected chi connectivity index (χ1v) is 37.4. The van der Waals surface area contributed by atoms with Crippen LogP contribution in [-0.2, 0) is 112 Å². The molecular formula is C80H90N4O24S. The SMILES string of the molecule is CO[C@H]1O[C@H](COS(=O)(=O)c2ccc(C(=O)NCC(=O)NCC(=O)NCC(=O)NCC3CCCC3)cc2)[C@@H](O[C@@H]2O[C@H](CO[C@@H]3O[C@H](COCc4ccccc4)[C@@H](OCc4ccccc4)[C@H](OCc4ccccc4)[C@H]3OC(=O)c3ccccc3)[C@@H](OCc3ccccc3)[C@H](O)[C@H]2OC(=O)c2ccccc2)[C@H](O)[C@H]1O. The number of methoxy groups -OCH3 is 1. The zero-order valence-electron chi connectivity index (χ0n) is 59.8. The molecule has 3 heterocycles. The number of hydrogen-bond donors (Lipinski definition) is 7. The van der Waals surface area contributed by atoms with E-state index in [1.807, 2.05) is 91.0 Å². The molecule has 7 aromatic carbocycles. The maximum atomic E-state index is 14.6. The number of carbonyl (C=O) groups is 6. The lowest BCUT2D eigenvalue weighted by Crippen LogP contribution is -2.66. The van der Waals surface area contributed by atoms with Gasteiger partial charge in [-0.2, -0.15) is 8.42 Å². The molecule has 0 spiro atoms. The predicted molar refractivity (Wildman–Crippen MR) is 387 cm³/mol. The van der Waals surface area contributed by atoms with Gasteiger partial charge in [0.2, 0.25) is 17.7 Å². The third-order valence-electron chi connectivity index (χ3n) is 18.7. The number of carbonyl (C=O) groups excluding carboxylic acids is 6. The van der Waals surface area contributed by atoms with Crippen molar-refractivity contribution in [1.82, 2.24) is 21.3 Å². The topological polar surface area (TPSA) is 365 Å². The second-order valence-electron chi connectivity index (χ2n) is 26.5. The Labute approximate surface area is 630 Å². The fourth-order valence-corrected chi connectivity index (χ4v) is 13.8. The number of amides is 4. The van der Waals surface area contributed by atoms with E-state index in [0.29, 0.717) is 18.0 Å². The number of aliphatic hydroxyl groups is 3. The minimum atomic E-state index is -4.81. The van der Waals surface area contributed by atoms with Crippen LogP contribution in [0.1, 0.15) is 79.0 Å². The number of rotatable bonds is 36. The lowest BCUT2D eigenvalue weighted by molar-refractivity contribution is -0.366. The van der Waals surface area contributed by atoms with Crippen LogP contribution in [0.5, 0.6) is 0 Å². The molecule has 0 bridgehead atoms. The Morgan fingerprint density at radius 2 is 0.853 bits per heavy atom. The van der Waals surface area contributed by atoms with Crippen molar-refractivity contribution in [3.63, 3.8) is 0 Å². The minimum absolute atomic E-state index is 0.0146. The summed E-state index contributed by atoms with van der Waals surface area (Å²) in [5.41, 5.74) is 3.19. The second-order valence-corrected chi connectivity index (χ2v) is 28.1. The largest absolute Gasteiger partial charge is 0.450 e. The van der Waals surface area contributed by atoms with Crippen molar-refractivity contribution in [1.29, 1.82) is 0 Å². The molecule has 1 saturated carbocycles. The van der Waals surface area contributed by atoms with Crippen molar-refractivity contribution in [2.75, 3.05) is 53.1 Å². The smallest absolute Gasteiger partial charge is 0.338 e. The first kappa shape index (κ1) is 80.8. The summed E-state index contributed by atoms with van der Waals surface area (Å²) in [7, 11) is -3.66. The molecule has 0 radical (unpaired) electrons. The van der Waals surface area contributed by atoms with Gasteiger partial charge in [0, 0.05) is 19.2 Å². The molecule has 7 N–H and O–H groups in total. The summed E-state index contributed by atoms with van der Waals surface area (Å²) in [6.45, 7) is -2.50. The molecule has 28 nitrogen and oxygen atoms in total. The average Bonchev–Trinajstić information content (AvgIpc) is 0.953. The van der Waals surface area contributed by atoms with Gasteiger partial charge in [0.05, 0.1) is 81.9 Å². The molecule has 0 aromatic heterocycles. The van der Waals surface area contributed by atoms with Gasteiger partial charge in [-0.25, -0.2) is 9.59 Å². The van der Waals surface area contributed by atoms with Gasteiger partial charge in [-0.1, -0.05) is 171 Å². The molecule has 109 heavy (non-hydrogen) atoms. The van der Waals surface area contributed by atoms with Gasteiger partial charge in [-0.05, 0) is 89.5 Å². The van der Waals surface area contributed by atoms with Gasteiger partial charge in [-0.15, -0.1) is 0 Å². The Morgan fingerprint density at radius 3 is 1.39 bits per heavy atom. The fourth-order valence-electron chi connectivity index (χ4n) is 12.9. The molecule has 4 aliphatic rings. The summed E-state index contributed by atoms with van der Waals surface area (Å²) in [6, 6.07) is 57.4. The van der Waals surface area contributed by atoms with Crippen LogP contribution in [0.15, 0.2) is 211 Å². The quantitative estimate of drug-likeness (QED) is 0.0191. The Bertz CT molecular complexity index is 4120. The van der Waals surface area contributed by atoms with Crippen LogP contribution < -0.4 is 21.3 Å². The predicted octanol–water partition coefficient (Wildman–Crippen LogP) is 5.39. The zero-order valence-corrected chi connectivity index (χ0v) is 60.6. The Balaban J connectivity index is 0.851. The number of aliphatic hydroxyl groups excluding tert-OH is 3. The van der Waals surface area contributed by atoms with Gasteiger partial charge in [0.25, 0.3) is 16.0 Å². The average molecular weight is 1520 g/mol. The molecule has 0 unspecified atom stereocenters. The van der Waals surface area contributed by atoms with Crippen molar-refractivity contribution in [3.8, 4) is 0 Å². The van der Waals surface area contributed by atoms with Gasteiger partial charge in [0.1, 0.15) is 61.0 Å². The van der Waals surface area contributed by atoms with Crippen molar-refractivity contribution in [3.05, 3.63) is 245 Å². The molecule has 15 atom stereocenters. The second kappa shape index (κ2) is 40.4. The van der Waals surface area contributed by atoms with E-state index in [1.165, 1.54) is 12.1 Å². The van der Waals surface area contributed by atoms with Gasteiger partial charge < -0.3 is 93.4 Å². The normalized spacial score (nSPS) is 24.9. The van der Waals surface area contributed by atoms with Crippen molar-refractivity contribution in [2.45, 2.75) is 149 Å². The van der Waals surface area contributed by atoms with E-state index in [2.05, 4.69) is 21.3 Å². The van der Waals surface area contributed by atoms with Gasteiger partial charge >= 0.3 is 11.9 Å². The highest BCUT2D eigenvalue weighted by Crippen LogP contribution is 2.37. The number of benzene rings is 7. The Hall–Kier alpha value is -9.25. The van der Waals surface area contributed by atoms with Crippen LogP contribution in [0, 0.1) is 5.92 Å². The summed E-state index contributed by atoms with van der Waals surface area (Å²) in [6.07, 6.45) is -20.0. The molecular weight excluding hydrogens is 1430 g/mol. The molecule has 29 heteroatoms. The summed E-state index contributed by atoms with van der Waals surface area (Å²) in [4.78, 5) is 78.8. The minimum Gasteiger partial charge on any atom is -0.450 e. The first-order chi connectivity index (χ1) is 53.0. The van der Waals surface area contributed by atoms with E-state index in [0.717, 1.165) is 73.7 Å². The molecule has 1 aliphatic carbocycles. The number of nitrogens with one attached hydrogen (secondary N) is 4. The summed E-state index contributed by atoms with van der Waals surface area (Å²) in [5, 5.41) is 46.6. The van der Waals surface area contributed by atoms with Crippen LogP contribution >= 0.6 is 0 Å². The van der Waals surface area contributed by atoms with Crippen molar-refractivity contribution < 1.29 is 114 Å².